The van der Waals surface area contributed by atoms with Crippen LogP contribution in [0.15, 0.2) is 6.20 Å². The van der Waals surface area contributed by atoms with Crippen LogP contribution >= 0.6 is 0 Å². The Hall–Kier alpha value is -1.36. The first-order valence-corrected chi connectivity index (χ1v) is 5.53. The second kappa shape index (κ2) is 5.65. The molecule has 0 saturated heterocycles. The number of rotatable bonds is 6. The zero-order valence-electron chi connectivity index (χ0n) is 10.0. The number of nitrogens with zero attached hydrogens (tertiary/aromatic N) is 2. The van der Waals surface area contributed by atoms with Crippen LogP contribution in [-0.2, 0) is 13.6 Å². The fourth-order valence-corrected chi connectivity index (χ4v) is 1.66. The van der Waals surface area contributed by atoms with E-state index in [-0.39, 0.29) is 5.56 Å². The average Bonchev–Trinajstić information content (AvgIpc) is 2.57. The van der Waals surface area contributed by atoms with Crippen molar-refractivity contribution < 1.29 is 9.90 Å². The first-order chi connectivity index (χ1) is 7.56. The molecule has 0 fully saturated rings. The molecule has 0 aliphatic rings. The third-order valence-electron chi connectivity index (χ3n) is 2.63. The predicted molar refractivity (Wildman–Crippen MR) is 61.4 cm³/mol. The molecule has 90 valence electrons. The third kappa shape index (κ3) is 3.06. The van der Waals surface area contributed by atoms with Crippen LogP contribution in [-0.4, -0.2) is 26.9 Å². The minimum atomic E-state index is -0.923. The normalized spacial score (nSPS) is 12.7. The quantitative estimate of drug-likeness (QED) is 0.768. The van der Waals surface area contributed by atoms with Crippen molar-refractivity contribution >= 4 is 5.97 Å². The lowest BCUT2D eigenvalue weighted by Crippen LogP contribution is -2.27. The molecule has 1 unspecified atom stereocenters. The van der Waals surface area contributed by atoms with Crippen molar-refractivity contribution in [3.63, 3.8) is 0 Å². The van der Waals surface area contributed by atoms with Crippen LogP contribution in [0.25, 0.3) is 0 Å². The molecule has 1 aromatic heterocycles. The van der Waals surface area contributed by atoms with Gasteiger partial charge in [-0.3, -0.25) is 4.68 Å². The van der Waals surface area contributed by atoms with Crippen LogP contribution in [0.2, 0.25) is 0 Å². The molecule has 0 amide bonds. The summed E-state index contributed by atoms with van der Waals surface area (Å²) in [5.74, 6) is -0.923. The maximum absolute atomic E-state index is 10.9. The zero-order valence-corrected chi connectivity index (χ0v) is 10.0. The van der Waals surface area contributed by atoms with E-state index in [1.807, 2.05) is 0 Å². The number of nitrogens with one attached hydrogen (secondary N) is 1. The van der Waals surface area contributed by atoms with E-state index < -0.39 is 5.97 Å². The lowest BCUT2D eigenvalue weighted by Gasteiger charge is -2.13. The maximum Gasteiger partial charge on any atom is 0.339 e. The van der Waals surface area contributed by atoms with Gasteiger partial charge in [0.05, 0.1) is 11.9 Å². The minimum absolute atomic E-state index is 0.277. The van der Waals surface area contributed by atoms with Crippen molar-refractivity contribution in [2.75, 3.05) is 0 Å². The smallest absolute Gasteiger partial charge is 0.339 e. The van der Waals surface area contributed by atoms with Crippen molar-refractivity contribution in [3.8, 4) is 0 Å². The van der Waals surface area contributed by atoms with Crippen LogP contribution in [0.5, 0.6) is 0 Å². The molecule has 0 aliphatic heterocycles. The summed E-state index contributed by atoms with van der Waals surface area (Å²) >= 11 is 0. The summed E-state index contributed by atoms with van der Waals surface area (Å²) in [6, 6.07) is 0.390. The summed E-state index contributed by atoms with van der Waals surface area (Å²) in [5, 5.41) is 16.2. The van der Waals surface area contributed by atoms with Gasteiger partial charge in [0.2, 0.25) is 0 Å². The molecule has 5 nitrogen and oxygen atoms in total. The van der Waals surface area contributed by atoms with E-state index in [0.29, 0.717) is 12.6 Å². The first-order valence-electron chi connectivity index (χ1n) is 5.53. The number of hydrogen-bond acceptors (Lipinski definition) is 3. The summed E-state index contributed by atoms with van der Waals surface area (Å²) in [7, 11) is 1.76. The molecular weight excluding hydrogens is 206 g/mol. The van der Waals surface area contributed by atoms with Crippen LogP contribution in [0.1, 0.15) is 42.7 Å². The second-order valence-electron chi connectivity index (χ2n) is 4.00. The van der Waals surface area contributed by atoms with Gasteiger partial charge in [0.1, 0.15) is 5.56 Å². The number of carboxylic acid groups (broad SMARTS) is 1. The number of hydrogen-bond donors (Lipinski definition) is 2. The molecule has 0 aliphatic carbocycles. The van der Waals surface area contributed by atoms with Gasteiger partial charge >= 0.3 is 5.97 Å². The van der Waals surface area contributed by atoms with E-state index in [4.69, 9.17) is 5.11 Å². The van der Waals surface area contributed by atoms with Gasteiger partial charge in [-0.2, -0.15) is 5.10 Å². The molecule has 5 heteroatoms. The first kappa shape index (κ1) is 12.7. The summed E-state index contributed by atoms with van der Waals surface area (Å²) in [6.45, 7) is 4.77. The van der Waals surface area contributed by atoms with Crippen molar-refractivity contribution in [1.82, 2.24) is 15.1 Å². The highest BCUT2D eigenvalue weighted by Gasteiger charge is 2.14. The van der Waals surface area contributed by atoms with E-state index in [0.717, 1.165) is 18.5 Å². The van der Waals surface area contributed by atoms with E-state index in [1.54, 1.807) is 11.7 Å². The Balaban J connectivity index is 2.65. The van der Waals surface area contributed by atoms with Gasteiger partial charge in [-0.05, 0) is 13.3 Å². The van der Waals surface area contributed by atoms with Gasteiger partial charge in [-0.15, -0.1) is 0 Å². The lowest BCUT2D eigenvalue weighted by molar-refractivity contribution is 0.0695. The third-order valence-corrected chi connectivity index (χ3v) is 2.63. The standard InChI is InChI=1S/C11H19N3O2/c1-4-5-8(2)12-7-10-9(11(15)16)6-13-14(10)3/h6,8,12H,4-5,7H2,1-3H3,(H,15,16). The van der Waals surface area contributed by atoms with E-state index in [9.17, 15) is 4.79 Å². The monoisotopic (exact) mass is 225 g/mol. The van der Waals surface area contributed by atoms with E-state index >= 15 is 0 Å². The lowest BCUT2D eigenvalue weighted by atomic mass is 10.2. The Morgan fingerprint density at radius 2 is 2.38 bits per heavy atom. The highest BCUT2D eigenvalue weighted by atomic mass is 16.4. The van der Waals surface area contributed by atoms with Crippen LogP contribution in [0.3, 0.4) is 0 Å². The van der Waals surface area contributed by atoms with Gasteiger partial charge in [-0.1, -0.05) is 13.3 Å². The molecule has 1 rings (SSSR count). The number of aryl methyl sites for hydroxylation is 1. The molecule has 0 spiro atoms. The molecule has 16 heavy (non-hydrogen) atoms. The highest BCUT2D eigenvalue weighted by molar-refractivity contribution is 5.88. The summed E-state index contributed by atoms with van der Waals surface area (Å²) in [5.41, 5.74) is 0.995. The van der Waals surface area contributed by atoms with E-state index in [1.165, 1.54) is 6.20 Å². The largest absolute Gasteiger partial charge is 0.478 e. The Labute approximate surface area is 95.5 Å². The highest BCUT2D eigenvalue weighted by Crippen LogP contribution is 2.08. The maximum atomic E-state index is 10.9. The van der Waals surface area contributed by atoms with Crippen molar-refractivity contribution in [1.29, 1.82) is 0 Å². The second-order valence-corrected chi connectivity index (χ2v) is 4.00. The molecule has 0 saturated carbocycles. The Kier molecular flexibility index (Phi) is 4.49. The van der Waals surface area contributed by atoms with Gasteiger partial charge in [0, 0.05) is 19.6 Å². The van der Waals surface area contributed by atoms with Crippen molar-refractivity contribution in [2.45, 2.75) is 39.3 Å². The van der Waals surface area contributed by atoms with Crippen LogP contribution < -0.4 is 5.32 Å². The number of aromatic nitrogens is 2. The molecule has 1 heterocycles. The Bertz CT molecular complexity index is 360. The average molecular weight is 225 g/mol. The van der Waals surface area contributed by atoms with Gasteiger partial charge in [0.25, 0.3) is 0 Å². The number of carbonyl (C=O) groups is 1. The van der Waals surface area contributed by atoms with Crippen LogP contribution in [0.4, 0.5) is 0 Å². The Morgan fingerprint density at radius 3 is 2.94 bits per heavy atom. The molecule has 0 radical (unpaired) electrons. The molecular formula is C11H19N3O2. The zero-order chi connectivity index (χ0) is 12.1. The SMILES string of the molecule is CCCC(C)NCc1c(C(=O)O)cnn1C. The van der Waals surface area contributed by atoms with Gasteiger partial charge in [0.15, 0.2) is 0 Å². The molecule has 1 aromatic rings. The van der Waals surface area contributed by atoms with Crippen molar-refractivity contribution in [2.24, 2.45) is 7.05 Å². The van der Waals surface area contributed by atoms with Crippen LogP contribution in [0, 0.1) is 0 Å². The fourth-order valence-electron chi connectivity index (χ4n) is 1.66. The number of aromatic carboxylic acids is 1. The molecule has 0 aromatic carbocycles. The van der Waals surface area contributed by atoms with Crippen molar-refractivity contribution in [3.05, 3.63) is 17.5 Å². The number of carboxylic acids is 1. The predicted octanol–water partition coefficient (Wildman–Crippen LogP) is 1.40. The Morgan fingerprint density at radius 1 is 1.69 bits per heavy atom. The van der Waals surface area contributed by atoms with Gasteiger partial charge < -0.3 is 10.4 Å². The summed E-state index contributed by atoms with van der Waals surface area (Å²) < 4.78 is 1.61. The summed E-state index contributed by atoms with van der Waals surface area (Å²) in [4.78, 5) is 10.9. The summed E-state index contributed by atoms with van der Waals surface area (Å²) in [6.07, 6.45) is 3.59. The topological polar surface area (TPSA) is 67.2 Å². The fraction of sp³-hybridized carbons (Fsp3) is 0.636. The molecule has 1 atom stereocenters. The molecule has 0 bridgehead atoms. The van der Waals surface area contributed by atoms with E-state index in [2.05, 4.69) is 24.3 Å². The minimum Gasteiger partial charge on any atom is -0.478 e. The van der Waals surface area contributed by atoms with Gasteiger partial charge in [-0.25, -0.2) is 4.79 Å². The molecule has 2 N–H and O–H groups in total.